The average Bonchev–Trinajstić information content (AvgIpc) is 3.20. The largest absolute Gasteiger partial charge is 0.468 e. The molecule has 0 bridgehead atoms. The Labute approximate surface area is 215 Å². The summed E-state index contributed by atoms with van der Waals surface area (Å²) in [6.07, 6.45) is 0. The fraction of sp³-hybridized carbons (Fsp3) is 0.160. The number of methoxy groups -OCH3 is 1. The SMILES string of the molecule is COC(=O)Cn1c(=NC(=O)c2ccc(S(=O)(=O)N(C)Cc3ccccc3)cc2)sc2cc(F)cc(F)c21. The lowest BCUT2D eigenvalue weighted by Gasteiger charge is -2.17. The highest BCUT2D eigenvalue weighted by Gasteiger charge is 2.22. The van der Waals surface area contributed by atoms with Crippen LogP contribution in [0.25, 0.3) is 10.2 Å². The van der Waals surface area contributed by atoms with Crippen LogP contribution in [0.2, 0.25) is 0 Å². The summed E-state index contributed by atoms with van der Waals surface area (Å²) in [7, 11) is -1.21. The quantitative estimate of drug-likeness (QED) is 0.330. The summed E-state index contributed by atoms with van der Waals surface area (Å²) in [4.78, 5) is 28.7. The molecule has 12 heteroatoms. The molecule has 0 saturated carbocycles. The smallest absolute Gasteiger partial charge is 0.325 e. The molecule has 0 aliphatic carbocycles. The molecule has 0 radical (unpaired) electrons. The predicted molar refractivity (Wildman–Crippen MR) is 133 cm³/mol. The lowest BCUT2D eigenvalue weighted by atomic mass is 10.2. The van der Waals surface area contributed by atoms with Crippen molar-refractivity contribution in [3.63, 3.8) is 0 Å². The number of aromatic nitrogens is 1. The van der Waals surface area contributed by atoms with Gasteiger partial charge in [0.25, 0.3) is 5.91 Å². The molecule has 4 rings (SSSR count). The molecular formula is C25H21F2N3O5S2. The number of carbonyl (C=O) groups excluding carboxylic acids is 2. The first kappa shape index (κ1) is 26.3. The number of benzene rings is 3. The number of ether oxygens (including phenoxy) is 1. The summed E-state index contributed by atoms with van der Waals surface area (Å²) in [6.45, 7) is -0.279. The van der Waals surface area contributed by atoms with Crippen molar-refractivity contribution in [2.75, 3.05) is 14.2 Å². The van der Waals surface area contributed by atoms with Gasteiger partial charge in [0, 0.05) is 25.2 Å². The normalized spacial score (nSPS) is 12.3. The second-order valence-electron chi connectivity index (χ2n) is 7.97. The molecule has 1 amide bonds. The number of thiazole rings is 1. The molecule has 0 fully saturated rings. The van der Waals surface area contributed by atoms with Gasteiger partial charge in [0.2, 0.25) is 10.0 Å². The number of rotatable bonds is 7. The van der Waals surface area contributed by atoms with E-state index >= 15 is 0 Å². The number of hydrogen-bond donors (Lipinski definition) is 0. The fourth-order valence-corrected chi connectivity index (χ4v) is 5.81. The third-order valence-electron chi connectivity index (χ3n) is 5.46. The molecule has 0 saturated heterocycles. The molecule has 0 unspecified atom stereocenters. The maximum Gasteiger partial charge on any atom is 0.325 e. The first-order chi connectivity index (χ1) is 17.6. The van der Waals surface area contributed by atoms with E-state index < -0.39 is 40.1 Å². The van der Waals surface area contributed by atoms with Crippen molar-refractivity contribution in [1.82, 2.24) is 8.87 Å². The van der Waals surface area contributed by atoms with E-state index in [0.29, 0.717) is 6.07 Å². The van der Waals surface area contributed by atoms with E-state index in [0.717, 1.165) is 34.6 Å². The van der Waals surface area contributed by atoms with E-state index in [1.165, 1.54) is 35.6 Å². The van der Waals surface area contributed by atoms with Crippen LogP contribution in [0.4, 0.5) is 8.78 Å². The van der Waals surface area contributed by atoms with Crippen LogP contribution < -0.4 is 4.80 Å². The van der Waals surface area contributed by atoms with Crippen molar-refractivity contribution in [2.24, 2.45) is 4.99 Å². The van der Waals surface area contributed by atoms with E-state index in [4.69, 9.17) is 0 Å². The number of hydrogen-bond acceptors (Lipinski definition) is 6. The fourth-order valence-electron chi connectivity index (χ4n) is 3.58. The van der Waals surface area contributed by atoms with Gasteiger partial charge in [-0.3, -0.25) is 9.59 Å². The number of carbonyl (C=O) groups is 2. The lowest BCUT2D eigenvalue weighted by Crippen LogP contribution is -2.26. The van der Waals surface area contributed by atoms with E-state index in [1.54, 1.807) is 0 Å². The second kappa shape index (κ2) is 10.7. The first-order valence-corrected chi connectivity index (χ1v) is 13.1. The zero-order chi connectivity index (χ0) is 26.7. The maximum atomic E-state index is 14.5. The molecule has 3 aromatic carbocycles. The van der Waals surface area contributed by atoms with Gasteiger partial charge >= 0.3 is 5.97 Å². The van der Waals surface area contributed by atoms with Crippen LogP contribution in [0.5, 0.6) is 0 Å². The Morgan fingerprint density at radius 2 is 1.73 bits per heavy atom. The number of nitrogens with zero attached hydrogens (tertiary/aromatic N) is 3. The topological polar surface area (TPSA) is 98.0 Å². The molecule has 1 aromatic heterocycles. The molecule has 8 nitrogen and oxygen atoms in total. The summed E-state index contributed by atoms with van der Waals surface area (Å²) < 4.78 is 61.2. The molecule has 4 aromatic rings. The average molecular weight is 546 g/mol. The zero-order valence-corrected chi connectivity index (χ0v) is 21.4. The van der Waals surface area contributed by atoms with E-state index in [9.17, 15) is 26.8 Å². The highest BCUT2D eigenvalue weighted by molar-refractivity contribution is 7.89. The van der Waals surface area contributed by atoms with Gasteiger partial charge in [-0.2, -0.15) is 9.30 Å². The summed E-state index contributed by atoms with van der Waals surface area (Å²) >= 11 is 0.825. The van der Waals surface area contributed by atoms with Crippen molar-refractivity contribution >= 4 is 43.5 Å². The molecule has 0 N–H and O–H groups in total. The Bertz CT molecular complexity index is 1650. The van der Waals surface area contributed by atoms with Crippen LogP contribution in [-0.2, 0) is 32.6 Å². The first-order valence-electron chi connectivity index (χ1n) is 10.8. The van der Waals surface area contributed by atoms with Crippen LogP contribution in [0, 0.1) is 11.6 Å². The highest BCUT2D eigenvalue weighted by atomic mass is 32.2. The number of amides is 1. The minimum absolute atomic E-state index is 0.0114. The Hall–Kier alpha value is -3.74. The van der Waals surface area contributed by atoms with Crippen LogP contribution in [0.15, 0.2) is 76.6 Å². The van der Waals surface area contributed by atoms with Crippen molar-refractivity contribution in [1.29, 1.82) is 0 Å². The second-order valence-corrected chi connectivity index (χ2v) is 11.0. The van der Waals surface area contributed by atoms with Crippen molar-refractivity contribution in [2.45, 2.75) is 18.0 Å². The van der Waals surface area contributed by atoms with Gasteiger partial charge < -0.3 is 9.30 Å². The minimum Gasteiger partial charge on any atom is -0.468 e. The van der Waals surface area contributed by atoms with Crippen LogP contribution in [0.3, 0.4) is 0 Å². The summed E-state index contributed by atoms with van der Waals surface area (Å²) in [6, 6.07) is 16.1. The van der Waals surface area contributed by atoms with Crippen LogP contribution >= 0.6 is 11.3 Å². The lowest BCUT2D eigenvalue weighted by molar-refractivity contribution is -0.141. The third kappa shape index (κ3) is 5.66. The number of esters is 1. The third-order valence-corrected chi connectivity index (χ3v) is 8.31. The van der Waals surface area contributed by atoms with Gasteiger partial charge in [-0.25, -0.2) is 17.2 Å². The Kier molecular flexibility index (Phi) is 7.62. The standard InChI is InChI=1S/C25H21F2N3O5S2/c1-29(14-16-6-4-3-5-7-16)37(33,34)19-10-8-17(9-11-19)24(32)28-25-30(15-22(31)35-2)23-20(27)12-18(26)13-21(23)36-25/h3-13H,14-15H2,1-2H3. The molecule has 192 valence electrons. The monoisotopic (exact) mass is 545 g/mol. The van der Waals surface area contributed by atoms with Crippen LogP contribution in [0.1, 0.15) is 15.9 Å². The van der Waals surface area contributed by atoms with Crippen molar-refractivity contribution in [3.05, 3.63) is 94.3 Å². The molecule has 0 aliphatic heterocycles. The molecule has 0 atom stereocenters. The molecule has 0 aliphatic rings. The number of halogens is 2. The van der Waals surface area contributed by atoms with Gasteiger partial charge in [-0.05, 0) is 35.9 Å². The minimum atomic E-state index is -3.83. The van der Waals surface area contributed by atoms with Crippen molar-refractivity contribution in [3.8, 4) is 0 Å². The van der Waals surface area contributed by atoms with Crippen LogP contribution in [-0.4, -0.2) is 43.3 Å². The number of sulfonamides is 1. The van der Waals surface area contributed by atoms with Crippen molar-refractivity contribution < 1.29 is 31.5 Å². The highest BCUT2D eigenvalue weighted by Crippen LogP contribution is 2.23. The molecule has 0 spiro atoms. The van der Waals surface area contributed by atoms with Gasteiger partial charge in [-0.1, -0.05) is 41.7 Å². The van der Waals surface area contributed by atoms with E-state index in [1.807, 2.05) is 30.3 Å². The number of fused-ring (bicyclic) bond motifs is 1. The van der Waals surface area contributed by atoms with Gasteiger partial charge in [0.1, 0.15) is 12.4 Å². The molecule has 37 heavy (non-hydrogen) atoms. The van der Waals surface area contributed by atoms with Gasteiger partial charge in [0.05, 0.1) is 22.2 Å². The Morgan fingerprint density at radius 3 is 2.38 bits per heavy atom. The Balaban J connectivity index is 1.65. The van der Waals surface area contributed by atoms with E-state index in [-0.39, 0.29) is 32.0 Å². The van der Waals surface area contributed by atoms with Gasteiger partial charge in [-0.15, -0.1) is 0 Å². The van der Waals surface area contributed by atoms with E-state index in [2.05, 4.69) is 9.73 Å². The summed E-state index contributed by atoms with van der Waals surface area (Å²) in [5.74, 6) is -3.21. The summed E-state index contributed by atoms with van der Waals surface area (Å²) in [5, 5.41) is 0. The zero-order valence-electron chi connectivity index (χ0n) is 19.7. The molecular weight excluding hydrogens is 524 g/mol. The Morgan fingerprint density at radius 1 is 1.05 bits per heavy atom. The maximum absolute atomic E-state index is 14.5. The predicted octanol–water partition coefficient (Wildman–Crippen LogP) is 3.72. The summed E-state index contributed by atoms with van der Waals surface area (Å²) in [5.41, 5.74) is 0.795. The molecule has 1 heterocycles. The van der Waals surface area contributed by atoms with Gasteiger partial charge in [0.15, 0.2) is 10.6 Å².